The molecule has 0 bridgehead atoms. The van der Waals surface area contributed by atoms with Crippen LogP contribution in [0.3, 0.4) is 0 Å². The third-order valence-electron chi connectivity index (χ3n) is 4.29. The summed E-state index contributed by atoms with van der Waals surface area (Å²) in [4.78, 5) is 6.64. The highest BCUT2D eigenvalue weighted by Gasteiger charge is 2.17. The van der Waals surface area contributed by atoms with Crippen LogP contribution in [0, 0.1) is 11.6 Å². The molecule has 0 aliphatic carbocycles. The van der Waals surface area contributed by atoms with Crippen LogP contribution in [0.2, 0.25) is 0 Å². The smallest absolute Gasteiger partial charge is 0.175 e. The molecule has 4 rings (SSSR count). The van der Waals surface area contributed by atoms with Crippen molar-refractivity contribution in [1.29, 1.82) is 0 Å². The minimum Gasteiger partial charge on any atom is -0.229 e. The molecule has 0 aliphatic heterocycles. The summed E-state index contributed by atoms with van der Waals surface area (Å²) in [6.07, 6.45) is 1.16. The molecule has 0 N–H and O–H groups in total. The standard InChI is InChI=1S/C22H15F2NO2S3/c1-30(26,27)19-12-4-15(5-13-19)21-20(14-2-6-16(23)7-3-14)25-22(29-21)28-18-10-8-17(24)9-11-18/h2-13H,1H3. The number of thiazole rings is 1. The Bertz CT molecular complexity index is 1280. The summed E-state index contributed by atoms with van der Waals surface area (Å²) in [7, 11) is -3.30. The van der Waals surface area contributed by atoms with Crippen LogP contribution in [0.15, 0.2) is 86.9 Å². The van der Waals surface area contributed by atoms with Crippen LogP contribution in [0.1, 0.15) is 0 Å². The molecule has 0 saturated carbocycles. The van der Waals surface area contributed by atoms with E-state index in [-0.39, 0.29) is 16.5 Å². The lowest BCUT2D eigenvalue weighted by Crippen LogP contribution is -1.96. The van der Waals surface area contributed by atoms with Crippen LogP contribution in [0.5, 0.6) is 0 Å². The molecule has 0 radical (unpaired) electrons. The zero-order chi connectivity index (χ0) is 21.3. The van der Waals surface area contributed by atoms with Crippen molar-refractivity contribution in [3.05, 3.63) is 84.4 Å². The Balaban J connectivity index is 1.78. The van der Waals surface area contributed by atoms with E-state index in [4.69, 9.17) is 4.98 Å². The molecule has 0 atom stereocenters. The number of nitrogens with zero attached hydrogens (tertiary/aromatic N) is 1. The molecule has 0 saturated heterocycles. The fourth-order valence-electron chi connectivity index (χ4n) is 2.80. The third-order valence-corrected chi connectivity index (χ3v) is 7.59. The molecule has 0 unspecified atom stereocenters. The molecule has 0 spiro atoms. The Kier molecular flexibility index (Phi) is 5.73. The van der Waals surface area contributed by atoms with Crippen LogP contribution in [0.4, 0.5) is 8.78 Å². The van der Waals surface area contributed by atoms with Crippen molar-refractivity contribution >= 4 is 32.9 Å². The van der Waals surface area contributed by atoms with Gasteiger partial charge in [0, 0.05) is 16.7 Å². The van der Waals surface area contributed by atoms with E-state index in [9.17, 15) is 17.2 Å². The maximum atomic E-state index is 13.4. The predicted molar refractivity (Wildman–Crippen MR) is 117 cm³/mol. The predicted octanol–water partition coefficient (Wildman–Crippen LogP) is 6.31. The number of hydrogen-bond acceptors (Lipinski definition) is 5. The van der Waals surface area contributed by atoms with Crippen LogP contribution < -0.4 is 0 Å². The molecule has 1 aromatic heterocycles. The summed E-state index contributed by atoms with van der Waals surface area (Å²) >= 11 is 2.84. The maximum Gasteiger partial charge on any atom is 0.175 e. The molecule has 0 fully saturated rings. The zero-order valence-corrected chi connectivity index (χ0v) is 18.1. The Labute approximate surface area is 181 Å². The quantitative estimate of drug-likeness (QED) is 0.351. The van der Waals surface area contributed by atoms with Crippen molar-refractivity contribution in [2.45, 2.75) is 14.1 Å². The maximum absolute atomic E-state index is 13.4. The number of aromatic nitrogens is 1. The van der Waals surface area contributed by atoms with Crippen LogP contribution in [-0.2, 0) is 9.84 Å². The first-order valence-corrected chi connectivity index (χ1v) is 12.3. The largest absolute Gasteiger partial charge is 0.229 e. The molecule has 8 heteroatoms. The monoisotopic (exact) mass is 459 g/mol. The second-order valence-corrected chi connectivity index (χ2v) is 10.9. The van der Waals surface area contributed by atoms with Crippen molar-refractivity contribution in [2.24, 2.45) is 0 Å². The first-order chi connectivity index (χ1) is 14.3. The molecule has 30 heavy (non-hydrogen) atoms. The normalized spacial score (nSPS) is 11.6. The zero-order valence-electron chi connectivity index (χ0n) is 15.7. The van der Waals surface area contributed by atoms with E-state index in [0.717, 1.165) is 31.5 Å². The number of sulfone groups is 1. The molecular formula is C22H15F2NO2S3. The van der Waals surface area contributed by atoms with E-state index >= 15 is 0 Å². The number of rotatable bonds is 5. The van der Waals surface area contributed by atoms with Gasteiger partial charge in [-0.15, -0.1) is 11.3 Å². The molecule has 4 aromatic rings. The highest BCUT2D eigenvalue weighted by molar-refractivity contribution is 8.01. The molecule has 0 amide bonds. The Morgan fingerprint density at radius 3 is 1.90 bits per heavy atom. The van der Waals surface area contributed by atoms with Gasteiger partial charge in [-0.1, -0.05) is 23.9 Å². The lowest BCUT2D eigenvalue weighted by atomic mass is 10.1. The molecular weight excluding hydrogens is 444 g/mol. The summed E-state index contributed by atoms with van der Waals surface area (Å²) < 4.78 is 50.8. The highest BCUT2D eigenvalue weighted by Crippen LogP contribution is 2.42. The average molecular weight is 460 g/mol. The van der Waals surface area contributed by atoms with Crippen molar-refractivity contribution < 1.29 is 17.2 Å². The van der Waals surface area contributed by atoms with E-state index in [2.05, 4.69) is 0 Å². The highest BCUT2D eigenvalue weighted by atomic mass is 32.2. The summed E-state index contributed by atoms with van der Waals surface area (Å²) in [5, 5.41) is 0. The van der Waals surface area contributed by atoms with Gasteiger partial charge < -0.3 is 0 Å². The van der Waals surface area contributed by atoms with Gasteiger partial charge in [0.2, 0.25) is 0 Å². The number of hydrogen-bond donors (Lipinski definition) is 0. The van der Waals surface area contributed by atoms with Crippen LogP contribution >= 0.6 is 23.1 Å². The van der Waals surface area contributed by atoms with Crippen molar-refractivity contribution in [1.82, 2.24) is 4.98 Å². The third kappa shape index (κ3) is 4.61. The Morgan fingerprint density at radius 2 is 1.33 bits per heavy atom. The second-order valence-electron chi connectivity index (χ2n) is 6.52. The fourth-order valence-corrected chi connectivity index (χ4v) is 5.57. The molecule has 0 aliphatic rings. The van der Waals surface area contributed by atoms with Crippen molar-refractivity contribution in [2.75, 3.05) is 6.26 Å². The molecule has 3 nitrogen and oxygen atoms in total. The SMILES string of the molecule is CS(=O)(=O)c1ccc(-c2sc(Sc3ccc(F)cc3)nc2-c2ccc(F)cc2)cc1. The summed E-state index contributed by atoms with van der Waals surface area (Å²) in [6, 6.07) is 18.8. The Hall–Kier alpha value is -2.55. The van der Waals surface area contributed by atoms with E-state index in [1.54, 1.807) is 48.5 Å². The van der Waals surface area contributed by atoms with E-state index in [1.807, 2.05) is 0 Å². The van der Waals surface area contributed by atoms with Gasteiger partial charge in [-0.25, -0.2) is 22.2 Å². The minimum absolute atomic E-state index is 0.236. The summed E-state index contributed by atoms with van der Waals surface area (Å²) in [6.45, 7) is 0. The lowest BCUT2D eigenvalue weighted by Gasteiger charge is -2.04. The number of halogens is 2. The van der Waals surface area contributed by atoms with Gasteiger partial charge in [0.1, 0.15) is 11.6 Å². The minimum atomic E-state index is -3.30. The van der Waals surface area contributed by atoms with Gasteiger partial charge >= 0.3 is 0 Å². The molecule has 1 heterocycles. The lowest BCUT2D eigenvalue weighted by molar-refractivity contribution is 0.602. The van der Waals surface area contributed by atoms with Gasteiger partial charge in [-0.2, -0.15) is 0 Å². The van der Waals surface area contributed by atoms with Crippen LogP contribution in [0.25, 0.3) is 21.7 Å². The van der Waals surface area contributed by atoms with E-state index in [1.165, 1.54) is 47.4 Å². The van der Waals surface area contributed by atoms with Crippen molar-refractivity contribution in [3.63, 3.8) is 0 Å². The first-order valence-electron chi connectivity index (χ1n) is 8.80. The second kappa shape index (κ2) is 8.29. The van der Waals surface area contributed by atoms with Gasteiger partial charge in [0.05, 0.1) is 15.5 Å². The fraction of sp³-hybridized carbons (Fsp3) is 0.0455. The topological polar surface area (TPSA) is 47.0 Å². The van der Waals surface area contributed by atoms with Gasteiger partial charge in [0.15, 0.2) is 14.2 Å². The van der Waals surface area contributed by atoms with E-state index in [0.29, 0.717) is 5.69 Å². The van der Waals surface area contributed by atoms with Gasteiger partial charge in [0.25, 0.3) is 0 Å². The van der Waals surface area contributed by atoms with Gasteiger partial charge in [-0.3, -0.25) is 0 Å². The average Bonchev–Trinajstić information content (AvgIpc) is 3.13. The van der Waals surface area contributed by atoms with Crippen LogP contribution in [-0.4, -0.2) is 19.7 Å². The van der Waals surface area contributed by atoms with Gasteiger partial charge in [-0.05, 0) is 66.2 Å². The summed E-state index contributed by atoms with van der Waals surface area (Å²) in [5.41, 5.74) is 2.24. The molecule has 3 aromatic carbocycles. The van der Waals surface area contributed by atoms with E-state index < -0.39 is 9.84 Å². The van der Waals surface area contributed by atoms with Crippen molar-refractivity contribution in [3.8, 4) is 21.7 Å². The molecule has 152 valence electrons. The number of benzene rings is 3. The Morgan fingerprint density at radius 1 is 0.800 bits per heavy atom. The first kappa shape index (κ1) is 20.7. The summed E-state index contributed by atoms with van der Waals surface area (Å²) in [5.74, 6) is -0.647.